The fourth-order valence-electron chi connectivity index (χ4n) is 2.61. The molecular weight excluding hydrogens is 244 g/mol. The average molecular weight is 258 g/mol. The van der Waals surface area contributed by atoms with E-state index in [9.17, 15) is 9.59 Å². The van der Waals surface area contributed by atoms with E-state index in [0.29, 0.717) is 18.5 Å². The molecule has 0 radical (unpaired) electrons. The number of fused-ring (bicyclic) bond motifs is 1. The Morgan fingerprint density at radius 2 is 2.21 bits per heavy atom. The molecule has 3 rings (SSSR count). The summed E-state index contributed by atoms with van der Waals surface area (Å²) in [5.74, 6) is -0.780. The van der Waals surface area contributed by atoms with Crippen molar-refractivity contribution in [3.05, 3.63) is 23.9 Å². The van der Waals surface area contributed by atoms with Gasteiger partial charge >= 0.3 is 0 Å². The second-order valence-corrected chi connectivity index (χ2v) is 4.78. The minimum atomic E-state index is -0.323. The van der Waals surface area contributed by atoms with Crippen LogP contribution in [-0.4, -0.2) is 21.6 Å². The lowest BCUT2D eigenvalue weighted by Gasteiger charge is -2.22. The number of anilines is 1. The SMILES string of the molecule is Cn1ncc2c(N)ccc(C3CCC(=O)NC3=O)c21. The monoisotopic (exact) mass is 258 g/mol. The second-order valence-electron chi connectivity index (χ2n) is 4.78. The molecule has 1 aromatic carbocycles. The van der Waals surface area contributed by atoms with Gasteiger partial charge in [0.1, 0.15) is 0 Å². The number of hydrogen-bond acceptors (Lipinski definition) is 4. The summed E-state index contributed by atoms with van der Waals surface area (Å²) < 4.78 is 1.71. The third kappa shape index (κ3) is 1.76. The van der Waals surface area contributed by atoms with Gasteiger partial charge in [-0.2, -0.15) is 5.10 Å². The van der Waals surface area contributed by atoms with E-state index in [-0.39, 0.29) is 17.7 Å². The molecule has 0 saturated carbocycles. The number of nitrogens with one attached hydrogen (secondary N) is 1. The quantitative estimate of drug-likeness (QED) is 0.581. The number of amides is 2. The summed E-state index contributed by atoms with van der Waals surface area (Å²) in [6.45, 7) is 0. The lowest BCUT2D eigenvalue weighted by Crippen LogP contribution is -2.39. The third-order valence-corrected chi connectivity index (χ3v) is 3.58. The van der Waals surface area contributed by atoms with Crippen LogP contribution in [0.4, 0.5) is 5.69 Å². The van der Waals surface area contributed by atoms with Crippen molar-refractivity contribution in [1.29, 1.82) is 0 Å². The Bertz CT molecular complexity index is 689. The first-order valence-corrected chi connectivity index (χ1v) is 6.11. The highest BCUT2D eigenvalue weighted by atomic mass is 16.2. The van der Waals surface area contributed by atoms with Crippen molar-refractivity contribution in [3.8, 4) is 0 Å². The highest BCUT2D eigenvalue weighted by Crippen LogP contribution is 2.33. The summed E-state index contributed by atoms with van der Waals surface area (Å²) >= 11 is 0. The molecule has 3 N–H and O–H groups in total. The zero-order valence-corrected chi connectivity index (χ0v) is 10.5. The highest BCUT2D eigenvalue weighted by Gasteiger charge is 2.30. The van der Waals surface area contributed by atoms with Crippen molar-refractivity contribution in [1.82, 2.24) is 15.1 Å². The van der Waals surface area contributed by atoms with E-state index in [1.54, 1.807) is 16.9 Å². The van der Waals surface area contributed by atoms with Crippen molar-refractivity contribution < 1.29 is 9.59 Å². The van der Waals surface area contributed by atoms with E-state index in [0.717, 1.165) is 16.5 Å². The van der Waals surface area contributed by atoms with E-state index in [4.69, 9.17) is 5.73 Å². The molecule has 1 aromatic heterocycles. The molecule has 19 heavy (non-hydrogen) atoms. The molecule has 1 aliphatic rings. The Labute approximate surface area is 109 Å². The number of carbonyl (C=O) groups excluding carboxylic acids is 2. The van der Waals surface area contributed by atoms with Gasteiger partial charge in [0.2, 0.25) is 11.8 Å². The molecule has 2 aromatic rings. The molecule has 0 aliphatic carbocycles. The van der Waals surface area contributed by atoms with Crippen molar-refractivity contribution in [2.75, 3.05) is 5.73 Å². The zero-order valence-electron chi connectivity index (χ0n) is 10.5. The number of aryl methyl sites for hydroxylation is 1. The normalized spacial score (nSPS) is 19.7. The number of carbonyl (C=O) groups is 2. The molecule has 2 heterocycles. The first-order valence-electron chi connectivity index (χ1n) is 6.11. The molecule has 1 saturated heterocycles. The summed E-state index contributed by atoms with van der Waals surface area (Å²) in [7, 11) is 1.82. The number of rotatable bonds is 1. The van der Waals surface area contributed by atoms with E-state index in [1.807, 2.05) is 13.1 Å². The van der Waals surface area contributed by atoms with E-state index in [1.165, 1.54) is 0 Å². The van der Waals surface area contributed by atoms with Gasteiger partial charge in [-0.1, -0.05) is 6.07 Å². The standard InChI is InChI=1S/C13H14N4O2/c1-17-12-7(2-4-10(14)9(12)6-15-17)8-3-5-11(18)16-13(8)19/h2,4,6,8H,3,5,14H2,1H3,(H,16,18,19). The topological polar surface area (TPSA) is 90.0 Å². The average Bonchev–Trinajstić information content (AvgIpc) is 2.75. The molecule has 1 fully saturated rings. The van der Waals surface area contributed by atoms with E-state index >= 15 is 0 Å². The molecular formula is C13H14N4O2. The van der Waals surface area contributed by atoms with Gasteiger partial charge in [0.15, 0.2) is 0 Å². The fourth-order valence-corrected chi connectivity index (χ4v) is 2.61. The van der Waals surface area contributed by atoms with Gasteiger partial charge in [0, 0.05) is 24.5 Å². The first-order chi connectivity index (χ1) is 9.08. The molecule has 1 aliphatic heterocycles. The number of nitrogen functional groups attached to an aromatic ring is 1. The number of nitrogens with two attached hydrogens (primary N) is 1. The number of nitrogens with zero attached hydrogens (tertiary/aromatic N) is 2. The molecule has 2 amide bonds. The van der Waals surface area contributed by atoms with E-state index in [2.05, 4.69) is 10.4 Å². The van der Waals surface area contributed by atoms with Gasteiger partial charge in [-0.25, -0.2) is 0 Å². The van der Waals surface area contributed by atoms with E-state index < -0.39 is 0 Å². The molecule has 1 unspecified atom stereocenters. The molecule has 1 atom stereocenters. The number of benzene rings is 1. The largest absolute Gasteiger partial charge is 0.398 e. The maximum absolute atomic E-state index is 12.0. The number of hydrogen-bond donors (Lipinski definition) is 2. The van der Waals surface area contributed by atoms with Crippen molar-refractivity contribution in [2.24, 2.45) is 7.05 Å². The molecule has 0 bridgehead atoms. The van der Waals surface area contributed by atoms with Gasteiger partial charge in [-0.15, -0.1) is 0 Å². The number of piperidine rings is 1. The Hall–Kier alpha value is -2.37. The van der Waals surface area contributed by atoms with Gasteiger partial charge in [0.25, 0.3) is 0 Å². The van der Waals surface area contributed by atoms with Gasteiger partial charge in [-0.3, -0.25) is 19.6 Å². The minimum absolute atomic E-state index is 0.210. The smallest absolute Gasteiger partial charge is 0.234 e. The van der Waals surface area contributed by atoms with Crippen LogP contribution in [0.1, 0.15) is 24.3 Å². The summed E-state index contributed by atoms with van der Waals surface area (Å²) in [5, 5.41) is 7.41. The Morgan fingerprint density at radius 3 is 2.95 bits per heavy atom. The molecule has 6 nitrogen and oxygen atoms in total. The zero-order chi connectivity index (χ0) is 13.6. The Morgan fingerprint density at radius 1 is 1.42 bits per heavy atom. The van der Waals surface area contributed by atoms with Gasteiger partial charge in [-0.05, 0) is 18.1 Å². The summed E-state index contributed by atoms with van der Waals surface area (Å²) in [5.41, 5.74) is 8.28. The molecule has 0 spiro atoms. The highest BCUT2D eigenvalue weighted by molar-refractivity contribution is 6.03. The van der Waals surface area contributed by atoms with Crippen molar-refractivity contribution >= 4 is 28.4 Å². The fraction of sp³-hybridized carbons (Fsp3) is 0.308. The summed E-state index contributed by atoms with van der Waals surface area (Å²) in [6, 6.07) is 3.63. The molecule has 6 heteroatoms. The Balaban J connectivity index is 2.15. The van der Waals surface area contributed by atoms with Crippen molar-refractivity contribution in [2.45, 2.75) is 18.8 Å². The maximum atomic E-state index is 12.0. The summed E-state index contributed by atoms with van der Waals surface area (Å²) in [4.78, 5) is 23.2. The van der Waals surface area contributed by atoms with Crippen LogP contribution >= 0.6 is 0 Å². The van der Waals surface area contributed by atoms with Crippen LogP contribution in [0.15, 0.2) is 18.3 Å². The van der Waals surface area contributed by atoms with Gasteiger partial charge in [0.05, 0.1) is 17.6 Å². The maximum Gasteiger partial charge on any atom is 0.234 e. The number of aromatic nitrogens is 2. The minimum Gasteiger partial charge on any atom is -0.398 e. The lowest BCUT2D eigenvalue weighted by molar-refractivity contribution is -0.134. The van der Waals surface area contributed by atoms with Crippen LogP contribution in [-0.2, 0) is 16.6 Å². The van der Waals surface area contributed by atoms with Crippen LogP contribution < -0.4 is 11.1 Å². The number of imide groups is 1. The predicted molar refractivity (Wildman–Crippen MR) is 70.3 cm³/mol. The predicted octanol–water partition coefficient (Wildman–Crippen LogP) is 0.676. The van der Waals surface area contributed by atoms with Crippen LogP contribution in [0.25, 0.3) is 10.9 Å². The third-order valence-electron chi connectivity index (χ3n) is 3.58. The lowest BCUT2D eigenvalue weighted by atomic mass is 9.89. The summed E-state index contributed by atoms with van der Waals surface area (Å²) in [6.07, 6.45) is 2.58. The van der Waals surface area contributed by atoms with Gasteiger partial charge < -0.3 is 5.73 Å². The van der Waals surface area contributed by atoms with Crippen LogP contribution in [0.3, 0.4) is 0 Å². The second kappa shape index (κ2) is 4.08. The molecule has 98 valence electrons. The van der Waals surface area contributed by atoms with Crippen LogP contribution in [0, 0.1) is 0 Å². The first kappa shape index (κ1) is 11.7. The van der Waals surface area contributed by atoms with Crippen LogP contribution in [0.5, 0.6) is 0 Å². The van der Waals surface area contributed by atoms with Crippen LogP contribution in [0.2, 0.25) is 0 Å². The van der Waals surface area contributed by atoms with Crippen molar-refractivity contribution in [3.63, 3.8) is 0 Å². The Kier molecular flexibility index (Phi) is 2.51.